The second kappa shape index (κ2) is 6.39. The van der Waals surface area contributed by atoms with Crippen molar-refractivity contribution in [3.63, 3.8) is 0 Å². The molecule has 1 aromatic carbocycles. The maximum absolute atomic E-state index is 13.0. The molecule has 1 aromatic rings. The molecule has 1 unspecified atom stereocenters. The molecular formula is C13H20NO5P. The van der Waals surface area contributed by atoms with Gasteiger partial charge in [0.15, 0.2) is 6.10 Å². The van der Waals surface area contributed by atoms with E-state index in [4.69, 9.17) is 19.9 Å². The van der Waals surface area contributed by atoms with Crippen molar-refractivity contribution >= 4 is 13.6 Å². The molecule has 2 atom stereocenters. The molecule has 0 saturated heterocycles. The number of aliphatic carboxylic acids is 1. The van der Waals surface area contributed by atoms with Crippen molar-refractivity contribution in [2.75, 3.05) is 6.54 Å². The molecule has 112 valence electrons. The third-order valence-electron chi connectivity index (χ3n) is 2.85. The lowest BCUT2D eigenvalue weighted by Crippen LogP contribution is -2.36. The maximum Gasteiger partial charge on any atom is 0.386 e. The summed E-state index contributed by atoms with van der Waals surface area (Å²) in [4.78, 5) is 10.9. The molecule has 0 spiro atoms. The van der Waals surface area contributed by atoms with Crippen LogP contribution in [0.1, 0.15) is 20.8 Å². The topological polar surface area (TPSA) is 98.9 Å². The standard InChI is InChI=1S/C13H20NO5P/c1-10(12(15)16)18-20(17,13(2,3)9-14)19-11-7-5-4-6-8-11/h4-8,10H,9,14H2,1-3H3,(H,15,16)/t10-,20?/m0/s1. The fraction of sp³-hybridized carbons (Fsp3) is 0.462. The van der Waals surface area contributed by atoms with E-state index < -0.39 is 24.8 Å². The molecule has 7 heteroatoms. The van der Waals surface area contributed by atoms with Gasteiger partial charge < -0.3 is 15.4 Å². The molecule has 0 saturated carbocycles. The van der Waals surface area contributed by atoms with Gasteiger partial charge in [-0.3, -0.25) is 4.52 Å². The van der Waals surface area contributed by atoms with E-state index in [1.807, 2.05) is 0 Å². The van der Waals surface area contributed by atoms with Crippen LogP contribution in [-0.2, 0) is 13.9 Å². The molecule has 0 fully saturated rings. The van der Waals surface area contributed by atoms with Gasteiger partial charge in [-0.1, -0.05) is 18.2 Å². The maximum atomic E-state index is 13.0. The fourth-order valence-corrected chi connectivity index (χ4v) is 2.98. The van der Waals surface area contributed by atoms with Crippen LogP contribution in [0.5, 0.6) is 5.75 Å². The first-order valence-corrected chi connectivity index (χ1v) is 7.72. The Morgan fingerprint density at radius 3 is 2.40 bits per heavy atom. The van der Waals surface area contributed by atoms with Crippen LogP contribution in [0.15, 0.2) is 30.3 Å². The summed E-state index contributed by atoms with van der Waals surface area (Å²) in [5.74, 6) is -0.871. The van der Waals surface area contributed by atoms with Crippen LogP contribution in [0.3, 0.4) is 0 Å². The molecular weight excluding hydrogens is 281 g/mol. The molecule has 0 bridgehead atoms. The molecule has 0 heterocycles. The fourth-order valence-electron chi connectivity index (χ4n) is 1.27. The van der Waals surface area contributed by atoms with Gasteiger partial charge in [0.1, 0.15) is 5.75 Å². The Labute approximate surface area is 118 Å². The minimum Gasteiger partial charge on any atom is -0.479 e. The lowest BCUT2D eigenvalue weighted by molar-refractivity contribution is -0.144. The van der Waals surface area contributed by atoms with E-state index in [0.29, 0.717) is 5.75 Å². The molecule has 0 aliphatic carbocycles. The number of rotatable bonds is 7. The monoisotopic (exact) mass is 301 g/mol. The zero-order chi connectivity index (χ0) is 15.4. The molecule has 6 nitrogen and oxygen atoms in total. The molecule has 0 aliphatic heterocycles. The van der Waals surface area contributed by atoms with Gasteiger partial charge in [-0.2, -0.15) is 0 Å². The van der Waals surface area contributed by atoms with Crippen molar-refractivity contribution in [2.24, 2.45) is 5.73 Å². The smallest absolute Gasteiger partial charge is 0.386 e. The van der Waals surface area contributed by atoms with E-state index in [2.05, 4.69) is 0 Å². The second-order valence-corrected chi connectivity index (χ2v) is 7.60. The Hall–Kier alpha value is -1.36. The van der Waals surface area contributed by atoms with Crippen molar-refractivity contribution in [3.05, 3.63) is 30.3 Å². The van der Waals surface area contributed by atoms with Crippen molar-refractivity contribution in [2.45, 2.75) is 32.0 Å². The van der Waals surface area contributed by atoms with Crippen LogP contribution in [0.4, 0.5) is 0 Å². The largest absolute Gasteiger partial charge is 0.479 e. The van der Waals surface area contributed by atoms with E-state index in [0.717, 1.165) is 0 Å². The van der Waals surface area contributed by atoms with Crippen LogP contribution in [-0.4, -0.2) is 28.9 Å². The van der Waals surface area contributed by atoms with Crippen LogP contribution in [0.25, 0.3) is 0 Å². The first kappa shape index (κ1) is 16.7. The highest BCUT2D eigenvalue weighted by molar-refractivity contribution is 7.56. The van der Waals surface area contributed by atoms with Crippen LogP contribution in [0, 0.1) is 0 Å². The Morgan fingerprint density at radius 2 is 1.95 bits per heavy atom. The zero-order valence-electron chi connectivity index (χ0n) is 11.8. The lowest BCUT2D eigenvalue weighted by atomic mass is 10.2. The van der Waals surface area contributed by atoms with Gasteiger partial charge >= 0.3 is 13.6 Å². The Balaban J connectivity index is 3.08. The summed E-state index contributed by atoms with van der Waals surface area (Å²) in [7, 11) is -3.76. The molecule has 0 radical (unpaired) electrons. The summed E-state index contributed by atoms with van der Waals surface area (Å²) in [6.07, 6.45) is -1.25. The predicted molar refractivity (Wildman–Crippen MR) is 76.0 cm³/mol. The van der Waals surface area contributed by atoms with E-state index in [9.17, 15) is 9.36 Å². The summed E-state index contributed by atoms with van der Waals surface area (Å²) in [5.41, 5.74) is 5.62. The number of para-hydroxylation sites is 1. The van der Waals surface area contributed by atoms with Crippen molar-refractivity contribution in [3.8, 4) is 5.75 Å². The minimum atomic E-state index is -3.76. The summed E-state index contributed by atoms with van der Waals surface area (Å²) >= 11 is 0. The van der Waals surface area contributed by atoms with E-state index in [-0.39, 0.29) is 6.54 Å². The van der Waals surface area contributed by atoms with Crippen molar-refractivity contribution < 1.29 is 23.5 Å². The SMILES string of the molecule is C[C@H](OP(=O)(Oc1ccccc1)C(C)(C)CN)C(=O)O. The van der Waals surface area contributed by atoms with Gasteiger partial charge in [-0.15, -0.1) is 0 Å². The van der Waals surface area contributed by atoms with Crippen LogP contribution >= 0.6 is 7.60 Å². The van der Waals surface area contributed by atoms with Gasteiger partial charge in [0.25, 0.3) is 0 Å². The average Bonchev–Trinajstić information content (AvgIpc) is 2.39. The van der Waals surface area contributed by atoms with Crippen LogP contribution in [0.2, 0.25) is 0 Å². The van der Waals surface area contributed by atoms with Gasteiger partial charge in [0.05, 0.1) is 5.16 Å². The Bertz CT molecular complexity index is 503. The summed E-state index contributed by atoms with van der Waals surface area (Å²) in [6, 6.07) is 8.46. The highest BCUT2D eigenvalue weighted by atomic mass is 31.2. The predicted octanol–water partition coefficient (Wildman–Crippen LogP) is 2.49. The molecule has 20 heavy (non-hydrogen) atoms. The second-order valence-electron chi connectivity index (χ2n) is 5.00. The number of benzene rings is 1. The van der Waals surface area contributed by atoms with Gasteiger partial charge in [-0.25, -0.2) is 9.36 Å². The molecule has 0 aliphatic rings. The third-order valence-corrected chi connectivity index (χ3v) is 5.56. The highest BCUT2D eigenvalue weighted by Gasteiger charge is 2.46. The van der Waals surface area contributed by atoms with Gasteiger partial charge in [0.2, 0.25) is 0 Å². The molecule has 1 rings (SSSR count). The summed E-state index contributed by atoms with van der Waals surface area (Å²) < 4.78 is 23.6. The average molecular weight is 301 g/mol. The van der Waals surface area contributed by atoms with E-state index in [1.165, 1.54) is 6.92 Å². The van der Waals surface area contributed by atoms with E-state index in [1.54, 1.807) is 44.2 Å². The van der Waals surface area contributed by atoms with Gasteiger partial charge in [0, 0.05) is 6.54 Å². The number of hydrogen-bond donors (Lipinski definition) is 2. The number of carbonyl (C=O) groups is 1. The number of carboxylic acids is 1. The first-order chi connectivity index (χ1) is 9.22. The lowest BCUT2D eigenvalue weighted by Gasteiger charge is -2.33. The quantitative estimate of drug-likeness (QED) is 0.751. The third kappa shape index (κ3) is 3.82. The number of carboxylic acid groups (broad SMARTS) is 1. The van der Waals surface area contributed by atoms with Crippen molar-refractivity contribution in [1.82, 2.24) is 0 Å². The summed E-state index contributed by atoms with van der Waals surface area (Å²) in [6.45, 7) is 4.57. The molecule has 3 N–H and O–H groups in total. The highest BCUT2D eigenvalue weighted by Crippen LogP contribution is 2.59. The van der Waals surface area contributed by atoms with E-state index >= 15 is 0 Å². The zero-order valence-corrected chi connectivity index (χ0v) is 12.7. The van der Waals surface area contributed by atoms with Crippen molar-refractivity contribution in [1.29, 1.82) is 0 Å². The number of nitrogens with two attached hydrogens (primary N) is 1. The normalized spacial score (nSPS) is 16.2. The first-order valence-electron chi connectivity index (χ1n) is 6.18. The summed E-state index contributed by atoms with van der Waals surface area (Å²) in [5, 5.41) is 7.91. The molecule has 0 aromatic heterocycles. The Kier molecular flexibility index (Phi) is 5.34. The van der Waals surface area contributed by atoms with Crippen LogP contribution < -0.4 is 10.3 Å². The molecule has 0 amide bonds. The number of hydrogen-bond acceptors (Lipinski definition) is 5. The minimum absolute atomic E-state index is 0.0312. The Morgan fingerprint density at radius 1 is 1.40 bits per heavy atom. The van der Waals surface area contributed by atoms with Gasteiger partial charge in [-0.05, 0) is 32.9 Å².